The third-order valence-corrected chi connectivity index (χ3v) is 2.81. The lowest BCUT2D eigenvalue weighted by Crippen LogP contribution is -2.01. The van der Waals surface area contributed by atoms with Crippen molar-refractivity contribution in [2.75, 3.05) is 7.11 Å². The van der Waals surface area contributed by atoms with Crippen LogP contribution in [0.4, 0.5) is 0 Å². The second-order valence-corrected chi connectivity index (χ2v) is 3.93. The van der Waals surface area contributed by atoms with E-state index < -0.39 is 5.97 Å². The molecule has 0 saturated heterocycles. The van der Waals surface area contributed by atoms with Crippen LogP contribution in [0.1, 0.15) is 20.7 Å². The standard InChI is InChI=1S/C15H12O4/c1-19-14-12(3-2-4-13(14)15(17)18)11-7-5-10(9-16)6-8-11/h2-9H,1H3,(H,17,18). The van der Waals surface area contributed by atoms with Gasteiger partial charge in [-0.1, -0.05) is 36.4 Å². The first-order chi connectivity index (χ1) is 9.17. The van der Waals surface area contributed by atoms with Crippen molar-refractivity contribution in [2.45, 2.75) is 0 Å². The fraction of sp³-hybridized carbons (Fsp3) is 0.0667. The van der Waals surface area contributed by atoms with E-state index in [1.54, 1.807) is 36.4 Å². The third kappa shape index (κ3) is 2.47. The van der Waals surface area contributed by atoms with E-state index in [1.165, 1.54) is 13.2 Å². The number of carbonyl (C=O) groups excluding carboxylic acids is 1. The molecule has 0 heterocycles. The minimum Gasteiger partial charge on any atom is -0.495 e. The van der Waals surface area contributed by atoms with Crippen LogP contribution in [0.15, 0.2) is 42.5 Å². The molecule has 0 radical (unpaired) electrons. The lowest BCUT2D eigenvalue weighted by Gasteiger charge is -2.11. The third-order valence-electron chi connectivity index (χ3n) is 2.81. The van der Waals surface area contributed by atoms with Gasteiger partial charge >= 0.3 is 5.97 Å². The molecule has 2 aromatic rings. The number of methoxy groups -OCH3 is 1. The van der Waals surface area contributed by atoms with Gasteiger partial charge < -0.3 is 9.84 Å². The number of para-hydroxylation sites is 1. The molecule has 0 spiro atoms. The minimum absolute atomic E-state index is 0.111. The summed E-state index contributed by atoms with van der Waals surface area (Å²) < 4.78 is 5.20. The van der Waals surface area contributed by atoms with E-state index in [4.69, 9.17) is 9.84 Å². The molecule has 0 saturated carbocycles. The molecular formula is C15H12O4. The summed E-state index contributed by atoms with van der Waals surface area (Å²) in [6.07, 6.45) is 0.759. The first-order valence-electron chi connectivity index (χ1n) is 5.63. The van der Waals surface area contributed by atoms with Gasteiger partial charge in [0.05, 0.1) is 7.11 Å². The van der Waals surface area contributed by atoms with E-state index in [0.29, 0.717) is 16.9 Å². The number of hydrogen-bond donors (Lipinski definition) is 1. The molecule has 2 rings (SSSR count). The Morgan fingerprint density at radius 3 is 2.37 bits per heavy atom. The van der Waals surface area contributed by atoms with Crippen LogP contribution in [0.2, 0.25) is 0 Å². The quantitative estimate of drug-likeness (QED) is 0.854. The summed E-state index contributed by atoms with van der Waals surface area (Å²) in [5.41, 5.74) is 2.15. The molecule has 96 valence electrons. The zero-order valence-electron chi connectivity index (χ0n) is 10.3. The topological polar surface area (TPSA) is 63.6 Å². The molecule has 0 aliphatic heterocycles. The number of carboxylic acids is 1. The Kier molecular flexibility index (Phi) is 3.61. The Morgan fingerprint density at radius 2 is 1.84 bits per heavy atom. The van der Waals surface area contributed by atoms with Gasteiger partial charge in [-0.3, -0.25) is 4.79 Å². The first kappa shape index (κ1) is 12.8. The summed E-state index contributed by atoms with van der Waals surface area (Å²) in [6, 6.07) is 11.8. The Hall–Kier alpha value is -2.62. The van der Waals surface area contributed by atoms with E-state index in [2.05, 4.69) is 0 Å². The van der Waals surface area contributed by atoms with Gasteiger partial charge in [-0.15, -0.1) is 0 Å². The summed E-state index contributed by atoms with van der Waals surface area (Å²) >= 11 is 0. The van der Waals surface area contributed by atoms with Gasteiger partial charge in [0.25, 0.3) is 0 Å². The van der Waals surface area contributed by atoms with Crippen molar-refractivity contribution in [1.29, 1.82) is 0 Å². The molecule has 0 amide bonds. The number of aromatic carboxylic acids is 1. The highest BCUT2D eigenvalue weighted by molar-refractivity contribution is 5.94. The highest BCUT2D eigenvalue weighted by atomic mass is 16.5. The van der Waals surface area contributed by atoms with Gasteiger partial charge in [0.1, 0.15) is 17.6 Å². The predicted molar refractivity (Wildman–Crippen MR) is 70.8 cm³/mol. The molecule has 0 bridgehead atoms. The Morgan fingerprint density at radius 1 is 1.16 bits per heavy atom. The number of rotatable bonds is 4. The summed E-state index contributed by atoms with van der Waals surface area (Å²) in [5, 5.41) is 9.12. The zero-order chi connectivity index (χ0) is 13.8. The molecule has 4 heteroatoms. The summed E-state index contributed by atoms with van der Waals surface area (Å²) in [6.45, 7) is 0. The molecule has 0 aromatic heterocycles. The molecule has 0 aliphatic rings. The average Bonchev–Trinajstić information content (AvgIpc) is 2.46. The predicted octanol–water partition coefficient (Wildman–Crippen LogP) is 2.87. The molecule has 0 unspecified atom stereocenters. The smallest absolute Gasteiger partial charge is 0.339 e. The van der Waals surface area contributed by atoms with E-state index in [9.17, 15) is 9.59 Å². The van der Waals surface area contributed by atoms with Crippen LogP contribution in [-0.4, -0.2) is 24.5 Å². The SMILES string of the molecule is COc1c(C(=O)O)cccc1-c1ccc(C=O)cc1. The van der Waals surface area contributed by atoms with Crippen LogP contribution in [-0.2, 0) is 0 Å². The number of carboxylic acid groups (broad SMARTS) is 1. The van der Waals surface area contributed by atoms with Gasteiger partial charge in [-0.2, -0.15) is 0 Å². The maximum atomic E-state index is 11.1. The Labute approximate surface area is 110 Å². The van der Waals surface area contributed by atoms with Crippen molar-refractivity contribution in [3.05, 3.63) is 53.6 Å². The molecular weight excluding hydrogens is 244 g/mol. The van der Waals surface area contributed by atoms with E-state index in [1.807, 2.05) is 0 Å². The average molecular weight is 256 g/mol. The van der Waals surface area contributed by atoms with Crippen LogP contribution in [0.5, 0.6) is 5.75 Å². The minimum atomic E-state index is -1.04. The molecule has 1 N–H and O–H groups in total. The number of hydrogen-bond acceptors (Lipinski definition) is 3. The Balaban J connectivity index is 2.57. The van der Waals surface area contributed by atoms with Crippen molar-refractivity contribution in [3.63, 3.8) is 0 Å². The van der Waals surface area contributed by atoms with Crippen LogP contribution in [0.3, 0.4) is 0 Å². The second-order valence-electron chi connectivity index (χ2n) is 3.93. The van der Waals surface area contributed by atoms with Gasteiger partial charge in [0.2, 0.25) is 0 Å². The summed E-state index contributed by atoms with van der Waals surface area (Å²) in [7, 11) is 1.44. The van der Waals surface area contributed by atoms with Crippen molar-refractivity contribution >= 4 is 12.3 Å². The van der Waals surface area contributed by atoms with Crippen LogP contribution in [0.25, 0.3) is 11.1 Å². The van der Waals surface area contributed by atoms with Crippen molar-refractivity contribution in [2.24, 2.45) is 0 Å². The maximum absolute atomic E-state index is 11.1. The van der Waals surface area contributed by atoms with Gasteiger partial charge in [-0.05, 0) is 11.6 Å². The summed E-state index contributed by atoms with van der Waals surface area (Å²) in [4.78, 5) is 21.8. The van der Waals surface area contributed by atoms with Gasteiger partial charge in [0, 0.05) is 11.1 Å². The monoisotopic (exact) mass is 256 g/mol. The summed E-state index contributed by atoms with van der Waals surface area (Å²) in [5.74, 6) is -0.725. The number of ether oxygens (including phenoxy) is 1. The van der Waals surface area contributed by atoms with Crippen molar-refractivity contribution in [3.8, 4) is 16.9 Å². The van der Waals surface area contributed by atoms with Gasteiger partial charge in [0.15, 0.2) is 0 Å². The lowest BCUT2D eigenvalue weighted by molar-refractivity contribution is 0.0693. The number of aldehydes is 1. The lowest BCUT2D eigenvalue weighted by atomic mass is 10.0. The fourth-order valence-electron chi connectivity index (χ4n) is 1.89. The maximum Gasteiger partial charge on any atom is 0.339 e. The second kappa shape index (κ2) is 5.35. The first-order valence-corrected chi connectivity index (χ1v) is 5.63. The van der Waals surface area contributed by atoms with E-state index >= 15 is 0 Å². The normalized spacial score (nSPS) is 9.95. The van der Waals surface area contributed by atoms with E-state index in [-0.39, 0.29) is 5.56 Å². The largest absolute Gasteiger partial charge is 0.495 e. The van der Waals surface area contributed by atoms with Crippen molar-refractivity contribution in [1.82, 2.24) is 0 Å². The number of carbonyl (C=O) groups is 2. The van der Waals surface area contributed by atoms with Crippen LogP contribution in [0, 0.1) is 0 Å². The van der Waals surface area contributed by atoms with Gasteiger partial charge in [-0.25, -0.2) is 4.79 Å². The molecule has 0 aliphatic carbocycles. The van der Waals surface area contributed by atoms with Crippen LogP contribution < -0.4 is 4.74 Å². The molecule has 19 heavy (non-hydrogen) atoms. The van der Waals surface area contributed by atoms with Crippen LogP contribution >= 0.6 is 0 Å². The molecule has 4 nitrogen and oxygen atoms in total. The van der Waals surface area contributed by atoms with Crippen molar-refractivity contribution < 1.29 is 19.4 Å². The molecule has 0 atom stereocenters. The highest BCUT2D eigenvalue weighted by Crippen LogP contribution is 2.33. The highest BCUT2D eigenvalue weighted by Gasteiger charge is 2.15. The molecule has 2 aromatic carbocycles. The Bertz CT molecular complexity index is 615. The van der Waals surface area contributed by atoms with E-state index in [0.717, 1.165) is 11.8 Å². The fourth-order valence-corrected chi connectivity index (χ4v) is 1.89. The zero-order valence-corrected chi connectivity index (χ0v) is 10.3. The molecule has 0 fully saturated rings. The number of benzene rings is 2.